The van der Waals surface area contributed by atoms with Gasteiger partial charge >= 0.3 is 6.29 Å². The molecule has 0 unspecified atom stereocenters. The molecule has 0 aromatic heterocycles. The Labute approximate surface area is 176 Å². The van der Waals surface area contributed by atoms with Gasteiger partial charge < -0.3 is 24.3 Å². The van der Waals surface area contributed by atoms with Crippen LogP contribution in [0.3, 0.4) is 0 Å². The van der Waals surface area contributed by atoms with Crippen molar-refractivity contribution in [3.05, 3.63) is 53.2 Å². The average Bonchev–Trinajstić information content (AvgIpc) is 3.27. The molecule has 0 saturated carbocycles. The van der Waals surface area contributed by atoms with Crippen LogP contribution in [0.15, 0.2) is 42.1 Å². The maximum absolute atomic E-state index is 13.3. The van der Waals surface area contributed by atoms with Crippen LogP contribution >= 0.6 is 0 Å². The van der Waals surface area contributed by atoms with E-state index in [1.165, 1.54) is 18.2 Å². The SMILES string of the molecule is CC(C)(C)/C(NC(=O)c1ccc2c(c1)OC(F)(F)O2)=C(\C#N)c1ccc2c(c1)OCO2. The molecule has 0 fully saturated rings. The molecule has 2 heterocycles. The lowest BCUT2D eigenvalue weighted by atomic mass is 9.86. The van der Waals surface area contributed by atoms with E-state index in [-0.39, 0.29) is 29.4 Å². The Kier molecular flexibility index (Phi) is 4.73. The molecule has 0 saturated heterocycles. The highest BCUT2D eigenvalue weighted by atomic mass is 19.3. The minimum Gasteiger partial charge on any atom is -0.454 e. The zero-order valence-corrected chi connectivity index (χ0v) is 16.9. The molecule has 4 rings (SSSR count). The third-order valence-electron chi connectivity index (χ3n) is 4.68. The highest BCUT2D eigenvalue weighted by Crippen LogP contribution is 2.41. The zero-order valence-electron chi connectivity index (χ0n) is 16.9. The third-order valence-corrected chi connectivity index (χ3v) is 4.68. The van der Waals surface area contributed by atoms with E-state index in [4.69, 9.17) is 9.47 Å². The summed E-state index contributed by atoms with van der Waals surface area (Å²) in [4.78, 5) is 12.9. The largest absolute Gasteiger partial charge is 0.586 e. The summed E-state index contributed by atoms with van der Waals surface area (Å²) in [5, 5.41) is 12.6. The van der Waals surface area contributed by atoms with Crippen molar-refractivity contribution in [2.45, 2.75) is 27.1 Å². The van der Waals surface area contributed by atoms with Crippen LogP contribution in [0.1, 0.15) is 36.7 Å². The number of hydrogen-bond acceptors (Lipinski definition) is 6. The number of nitriles is 1. The van der Waals surface area contributed by atoms with Crippen molar-refractivity contribution in [3.63, 3.8) is 0 Å². The number of allylic oxidation sites excluding steroid dienone is 2. The quantitative estimate of drug-likeness (QED) is 0.727. The van der Waals surface area contributed by atoms with Crippen LogP contribution in [0, 0.1) is 16.7 Å². The maximum atomic E-state index is 13.3. The van der Waals surface area contributed by atoms with Crippen LogP contribution in [-0.2, 0) is 0 Å². The number of halogens is 2. The topological polar surface area (TPSA) is 89.8 Å². The van der Waals surface area contributed by atoms with Crippen molar-refractivity contribution in [1.82, 2.24) is 5.32 Å². The van der Waals surface area contributed by atoms with Crippen LogP contribution in [0.5, 0.6) is 23.0 Å². The molecule has 0 aliphatic carbocycles. The van der Waals surface area contributed by atoms with E-state index in [0.717, 1.165) is 0 Å². The van der Waals surface area contributed by atoms with Crippen molar-refractivity contribution >= 4 is 11.5 Å². The van der Waals surface area contributed by atoms with Crippen molar-refractivity contribution in [2.24, 2.45) is 5.41 Å². The van der Waals surface area contributed by atoms with Gasteiger partial charge in [-0.2, -0.15) is 5.26 Å². The van der Waals surface area contributed by atoms with Crippen LogP contribution in [0.4, 0.5) is 8.78 Å². The number of nitrogens with one attached hydrogen (secondary N) is 1. The first-order valence-electron chi connectivity index (χ1n) is 9.33. The molecule has 0 radical (unpaired) electrons. The summed E-state index contributed by atoms with van der Waals surface area (Å²) in [6.07, 6.45) is -3.78. The van der Waals surface area contributed by atoms with Gasteiger partial charge in [-0.15, -0.1) is 8.78 Å². The molecule has 0 spiro atoms. The lowest BCUT2D eigenvalue weighted by Gasteiger charge is -2.25. The Morgan fingerprint density at radius 2 is 1.61 bits per heavy atom. The van der Waals surface area contributed by atoms with Crippen molar-refractivity contribution in [1.29, 1.82) is 5.26 Å². The second kappa shape index (κ2) is 7.16. The van der Waals surface area contributed by atoms with Gasteiger partial charge in [0.2, 0.25) is 6.79 Å². The monoisotopic (exact) mass is 428 g/mol. The molecule has 160 valence electrons. The summed E-state index contributed by atoms with van der Waals surface area (Å²) in [5.74, 6) is 0.0857. The van der Waals surface area contributed by atoms with Gasteiger partial charge in [-0.3, -0.25) is 4.79 Å². The number of nitrogens with zero attached hydrogens (tertiary/aromatic N) is 1. The van der Waals surface area contributed by atoms with Gasteiger partial charge in [0, 0.05) is 16.7 Å². The normalized spacial score (nSPS) is 16.4. The summed E-state index contributed by atoms with van der Waals surface area (Å²) >= 11 is 0. The standard InChI is InChI=1S/C22H18F2N2O5/c1-21(2,3)19(14(10-25)12-4-6-15-17(8-12)29-11-28-15)26-20(27)13-5-7-16-18(9-13)31-22(23,24)30-16/h4-9H,11H2,1-3H3,(H,26,27)/b19-14-. The molecule has 9 heteroatoms. The van der Waals surface area contributed by atoms with Crippen molar-refractivity contribution < 1.29 is 32.5 Å². The van der Waals surface area contributed by atoms with Gasteiger partial charge in [0.15, 0.2) is 23.0 Å². The molecule has 2 aliphatic rings. The molecule has 2 aromatic carbocycles. The first-order chi connectivity index (χ1) is 14.6. The van der Waals surface area contributed by atoms with Gasteiger partial charge in [0.05, 0.1) is 5.57 Å². The van der Waals surface area contributed by atoms with E-state index in [2.05, 4.69) is 20.9 Å². The molecule has 2 aromatic rings. The fourth-order valence-corrected chi connectivity index (χ4v) is 3.22. The lowest BCUT2D eigenvalue weighted by Crippen LogP contribution is -2.31. The van der Waals surface area contributed by atoms with Gasteiger partial charge in [0.25, 0.3) is 5.91 Å². The summed E-state index contributed by atoms with van der Waals surface area (Å²) in [6.45, 7) is 5.61. The van der Waals surface area contributed by atoms with E-state index in [9.17, 15) is 18.8 Å². The van der Waals surface area contributed by atoms with Gasteiger partial charge in [-0.25, -0.2) is 0 Å². The molecule has 2 aliphatic heterocycles. The first-order valence-corrected chi connectivity index (χ1v) is 9.33. The molecule has 1 amide bonds. The van der Waals surface area contributed by atoms with E-state index in [1.807, 2.05) is 20.8 Å². The van der Waals surface area contributed by atoms with Gasteiger partial charge in [-0.1, -0.05) is 20.8 Å². The average molecular weight is 428 g/mol. The van der Waals surface area contributed by atoms with E-state index in [1.54, 1.807) is 18.2 Å². The fraction of sp³-hybridized carbons (Fsp3) is 0.273. The number of carbonyl (C=O) groups is 1. The molecule has 1 N–H and O–H groups in total. The highest BCUT2D eigenvalue weighted by molar-refractivity contribution is 5.98. The molecular weight excluding hydrogens is 410 g/mol. The lowest BCUT2D eigenvalue weighted by molar-refractivity contribution is -0.286. The number of rotatable bonds is 3. The van der Waals surface area contributed by atoms with Crippen LogP contribution in [0.2, 0.25) is 0 Å². The van der Waals surface area contributed by atoms with Crippen LogP contribution in [-0.4, -0.2) is 19.0 Å². The minimum absolute atomic E-state index is 0.0739. The smallest absolute Gasteiger partial charge is 0.454 e. The van der Waals surface area contributed by atoms with E-state index >= 15 is 0 Å². The molecule has 0 bridgehead atoms. The number of fused-ring (bicyclic) bond motifs is 2. The summed E-state index contributed by atoms with van der Waals surface area (Å²) < 4.78 is 46.0. The fourth-order valence-electron chi connectivity index (χ4n) is 3.22. The number of hydrogen-bond donors (Lipinski definition) is 1. The summed E-state index contributed by atoms with van der Waals surface area (Å²) in [7, 11) is 0. The summed E-state index contributed by atoms with van der Waals surface area (Å²) in [6, 6.07) is 10.9. The minimum atomic E-state index is -3.78. The number of alkyl halides is 2. The highest BCUT2D eigenvalue weighted by Gasteiger charge is 2.43. The van der Waals surface area contributed by atoms with Crippen molar-refractivity contribution in [2.75, 3.05) is 6.79 Å². The number of ether oxygens (including phenoxy) is 4. The molecule has 31 heavy (non-hydrogen) atoms. The molecular formula is C22H18F2N2O5. The Morgan fingerprint density at radius 1 is 1.00 bits per heavy atom. The van der Waals surface area contributed by atoms with E-state index < -0.39 is 17.6 Å². The Balaban J connectivity index is 1.69. The third kappa shape index (κ3) is 3.97. The van der Waals surface area contributed by atoms with Crippen LogP contribution in [0.25, 0.3) is 5.57 Å². The Bertz CT molecular complexity index is 1150. The second-order valence-electron chi connectivity index (χ2n) is 7.96. The van der Waals surface area contributed by atoms with Crippen LogP contribution < -0.4 is 24.3 Å². The van der Waals surface area contributed by atoms with Gasteiger partial charge in [0.1, 0.15) is 6.07 Å². The predicted octanol–water partition coefficient (Wildman–Crippen LogP) is 4.45. The molecule has 0 atom stereocenters. The molecule has 7 nitrogen and oxygen atoms in total. The number of amides is 1. The Hall–Kier alpha value is -3.80. The maximum Gasteiger partial charge on any atom is 0.586 e. The van der Waals surface area contributed by atoms with E-state index in [0.29, 0.717) is 22.8 Å². The number of carbonyl (C=O) groups excluding carboxylic acids is 1. The predicted molar refractivity (Wildman–Crippen MR) is 105 cm³/mol. The zero-order chi connectivity index (χ0) is 22.4. The van der Waals surface area contributed by atoms with Crippen molar-refractivity contribution in [3.8, 4) is 29.1 Å². The first kappa shape index (κ1) is 20.5. The second-order valence-corrected chi connectivity index (χ2v) is 7.96. The summed E-state index contributed by atoms with van der Waals surface area (Å²) in [5.41, 5.74) is 0.598. The van der Waals surface area contributed by atoms with Gasteiger partial charge in [-0.05, 0) is 42.0 Å². The Morgan fingerprint density at radius 3 is 2.32 bits per heavy atom. The number of benzene rings is 2.